The lowest BCUT2D eigenvalue weighted by atomic mass is 10.1. The maximum atomic E-state index is 12.2. The predicted molar refractivity (Wildman–Crippen MR) is 88.8 cm³/mol. The lowest BCUT2D eigenvalue weighted by Gasteiger charge is -2.32. The van der Waals surface area contributed by atoms with Crippen LogP contribution in [0.15, 0.2) is 23.0 Å². The second kappa shape index (κ2) is 8.26. The Morgan fingerprint density at radius 2 is 2.36 bits per heavy atom. The van der Waals surface area contributed by atoms with Gasteiger partial charge in [-0.3, -0.25) is 9.48 Å². The quantitative estimate of drug-likeness (QED) is 0.812. The molecule has 3 rings (SSSR count). The zero-order chi connectivity index (χ0) is 17.6. The number of carbonyl (C=O) groups is 1. The molecule has 0 aliphatic carbocycles. The van der Waals surface area contributed by atoms with Gasteiger partial charge in [-0.25, -0.2) is 0 Å². The standard InChI is InChI=1S/C17H24N4O4/c1-12-14(13(2)25-20-12)10-24-16-5-9-23-11-15(16)19-17(22)4-8-21-7-3-6-18-21/h3,6-7,15-16H,4-5,8-11H2,1-2H3,(H,19,22)/t15-,16+/m1/s1. The molecule has 2 aromatic rings. The van der Waals surface area contributed by atoms with Gasteiger partial charge in [-0.15, -0.1) is 0 Å². The van der Waals surface area contributed by atoms with Crippen molar-refractivity contribution < 1.29 is 18.8 Å². The zero-order valence-corrected chi connectivity index (χ0v) is 14.6. The number of hydrogen-bond donors (Lipinski definition) is 1. The van der Waals surface area contributed by atoms with E-state index in [-0.39, 0.29) is 18.1 Å². The Labute approximate surface area is 146 Å². The number of nitrogens with one attached hydrogen (secondary N) is 1. The molecule has 136 valence electrons. The third-order valence-corrected chi connectivity index (χ3v) is 4.39. The maximum Gasteiger partial charge on any atom is 0.222 e. The minimum Gasteiger partial charge on any atom is -0.379 e. The summed E-state index contributed by atoms with van der Waals surface area (Å²) in [7, 11) is 0. The van der Waals surface area contributed by atoms with Crippen LogP contribution in [0, 0.1) is 13.8 Å². The first kappa shape index (κ1) is 17.6. The average molecular weight is 348 g/mol. The number of rotatable bonds is 7. The van der Waals surface area contributed by atoms with E-state index in [4.69, 9.17) is 14.0 Å². The number of hydrogen-bond acceptors (Lipinski definition) is 6. The van der Waals surface area contributed by atoms with Crippen LogP contribution in [0.1, 0.15) is 29.9 Å². The Kier molecular flexibility index (Phi) is 5.83. The first-order valence-corrected chi connectivity index (χ1v) is 8.51. The number of carbonyl (C=O) groups excluding carboxylic acids is 1. The highest BCUT2D eigenvalue weighted by atomic mass is 16.5. The van der Waals surface area contributed by atoms with Crippen molar-refractivity contribution in [1.82, 2.24) is 20.3 Å². The largest absolute Gasteiger partial charge is 0.379 e. The van der Waals surface area contributed by atoms with Crippen LogP contribution in [0.5, 0.6) is 0 Å². The van der Waals surface area contributed by atoms with Crippen LogP contribution in [0.3, 0.4) is 0 Å². The molecule has 0 aromatic carbocycles. The van der Waals surface area contributed by atoms with E-state index in [9.17, 15) is 4.79 Å². The fourth-order valence-electron chi connectivity index (χ4n) is 2.88. The number of aromatic nitrogens is 3. The van der Waals surface area contributed by atoms with Crippen LogP contribution < -0.4 is 5.32 Å². The van der Waals surface area contributed by atoms with Gasteiger partial charge < -0.3 is 19.3 Å². The molecular formula is C17H24N4O4. The molecule has 25 heavy (non-hydrogen) atoms. The Morgan fingerprint density at radius 1 is 1.48 bits per heavy atom. The summed E-state index contributed by atoms with van der Waals surface area (Å²) in [5, 5.41) is 11.1. The molecular weight excluding hydrogens is 324 g/mol. The highest BCUT2D eigenvalue weighted by Crippen LogP contribution is 2.18. The van der Waals surface area contributed by atoms with Gasteiger partial charge in [0.1, 0.15) is 5.76 Å². The van der Waals surface area contributed by atoms with Crippen molar-refractivity contribution in [2.45, 2.75) is 52.0 Å². The van der Waals surface area contributed by atoms with Crippen LogP contribution in [0.2, 0.25) is 0 Å². The number of nitrogens with zero attached hydrogens (tertiary/aromatic N) is 3. The third-order valence-electron chi connectivity index (χ3n) is 4.39. The fraction of sp³-hybridized carbons (Fsp3) is 0.588. The van der Waals surface area contributed by atoms with Crippen molar-refractivity contribution >= 4 is 5.91 Å². The molecule has 0 unspecified atom stereocenters. The van der Waals surface area contributed by atoms with Crippen LogP contribution >= 0.6 is 0 Å². The van der Waals surface area contributed by atoms with Gasteiger partial charge in [0.25, 0.3) is 0 Å². The maximum absolute atomic E-state index is 12.2. The topological polar surface area (TPSA) is 91.4 Å². The Hall–Kier alpha value is -2.19. The van der Waals surface area contributed by atoms with Crippen LogP contribution in [0.4, 0.5) is 0 Å². The van der Waals surface area contributed by atoms with E-state index in [0.717, 1.165) is 23.4 Å². The van der Waals surface area contributed by atoms with E-state index < -0.39 is 0 Å². The summed E-state index contributed by atoms with van der Waals surface area (Å²) in [4.78, 5) is 12.2. The second-order valence-corrected chi connectivity index (χ2v) is 6.21. The first-order chi connectivity index (χ1) is 12.1. The van der Waals surface area contributed by atoms with Gasteiger partial charge in [-0.05, 0) is 26.3 Å². The lowest BCUT2D eigenvalue weighted by molar-refractivity contribution is -0.126. The molecule has 8 nitrogen and oxygen atoms in total. The first-order valence-electron chi connectivity index (χ1n) is 8.51. The molecule has 1 fully saturated rings. The second-order valence-electron chi connectivity index (χ2n) is 6.21. The minimum absolute atomic E-state index is 0.0306. The molecule has 2 aromatic heterocycles. The summed E-state index contributed by atoms with van der Waals surface area (Å²) in [5.41, 5.74) is 1.81. The average Bonchev–Trinajstić information content (AvgIpc) is 3.23. The summed E-state index contributed by atoms with van der Waals surface area (Å²) in [6, 6.07) is 1.69. The zero-order valence-electron chi connectivity index (χ0n) is 14.6. The van der Waals surface area contributed by atoms with Gasteiger partial charge >= 0.3 is 0 Å². The lowest BCUT2D eigenvalue weighted by Crippen LogP contribution is -2.50. The van der Waals surface area contributed by atoms with E-state index in [0.29, 0.717) is 32.8 Å². The molecule has 0 radical (unpaired) electrons. The van der Waals surface area contributed by atoms with E-state index in [2.05, 4.69) is 15.6 Å². The van der Waals surface area contributed by atoms with Crippen LogP contribution in [-0.4, -0.2) is 46.2 Å². The molecule has 1 aliphatic heterocycles. The van der Waals surface area contributed by atoms with Gasteiger partial charge in [0, 0.05) is 37.5 Å². The number of ether oxygens (including phenoxy) is 2. The molecule has 0 spiro atoms. The summed E-state index contributed by atoms with van der Waals surface area (Å²) < 4.78 is 18.4. The highest BCUT2D eigenvalue weighted by molar-refractivity contribution is 5.76. The predicted octanol–water partition coefficient (Wildman–Crippen LogP) is 1.37. The van der Waals surface area contributed by atoms with Gasteiger partial charge in [0.2, 0.25) is 5.91 Å². The molecule has 0 bridgehead atoms. The van der Waals surface area contributed by atoms with Crippen molar-refractivity contribution in [2.24, 2.45) is 0 Å². The molecule has 0 saturated carbocycles. The van der Waals surface area contributed by atoms with Crippen molar-refractivity contribution in [1.29, 1.82) is 0 Å². The normalized spacial score (nSPS) is 20.6. The summed E-state index contributed by atoms with van der Waals surface area (Å²) in [5.74, 6) is 0.737. The Morgan fingerprint density at radius 3 is 3.08 bits per heavy atom. The van der Waals surface area contributed by atoms with Gasteiger partial charge in [0.05, 0.1) is 31.1 Å². The third kappa shape index (κ3) is 4.67. The summed E-state index contributed by atoms with van der Waals surface area (Å²) >= 11 is 0. The van der Waals surface area contributed by atoms with Crippen molar-refractivity contribution in [3.05, 3.63) is 35.5 Å². The summed E-state index contributed by atoms with van der Waals surface area (Å²) in [6.07, 6.45) is 4.57. The molecule has 1 N–H and O–H groups in total. The summed E-state index contributed by atoms with van der Waals surface area (Å²) in [6.45, 7) is 5.83. The number of amides is 1. The SMILES string of the molecule is Cc1noc(C)c1CO[C@H]1CCOC[C@H]1NC(=O)CCn1cccn1. The van der Waals surface area contributed by atoms with Crippen molar-refractivity contribution in [2.75, 3.05) is 13.2 Å². The minimum atomic E-state index is -0.153. The van der Waals surface area contributed by atoms with Crippen molar-refractivity contribution in [3.63, 3.8) is 0 Å². The van der Waals surface area contributed by atoms with Crippen molar-refractivity contribution in [3.8, 4) is 0 Å². The van der Waals surface area contributed by atoms with E-state index >= 15 is 0 Å². The van der Waals surface area contributed by atoms with Gasteiger partial charge in [-0.1, -0.05) is 5.16 Å². The Bertz CT molecular complexity index is 663. The van der Waals surface area contributed by atoms with Crippen LogP contribution in [0.25, 0.3) is 0 Å². The molecule has 1 amide bonds. The smallest absolute Gasteiger partial charge is 0.222 e. The Balaban J connectivity index is 1.50. The van der Waals surface area contributed by atoms with E-state index in [1.165, 1.54) is 0 Å². The molecule has 1 aliphatic rings. The van der Waals surface area contributed by atoms with Crippen LogP contribution in [-0.2, 0) is 27.4 Å². The van der Waals surface area contributed by atoms with E-state index in [1.807, 2.05) is 26.1 Å². The molecule has 1 saturated heterocycles. The fourth-order valence-corrected chi connectivity index (χ4v) is 2.88. The highest BCUT2D eigenvalue weighted by Gasteiger charge is 2.28. The van der Waals surface area contributed by atoms with Gasteiger partial charge in [0.15, 0.2) is 0 Å². The van der Waals surface area contributed by atoms with E-state index in [1.54, 1.807) is 10.9 Å². The monoisotopic (exact) mass is 348 g/mol. The molecule has 2 atom stereocenters. The molecule has 8 heteroatoms. The number of aryl methyl sites for hydroxylation is 3. The van der Waals surface area contributed by atoms with Gasteiger partial charge in [-0.2, -0.15) is 5.10 Å². The molecule has 3 heterocycles.